The van der Waals surface area contributed by atoms with Crippen molar-refractivity contribution < 1.29 is 10.2 Å². The molecule has 2 aromatic heterocycles. The van der Waals surface area contributed by atoms with Gasteiger partial charge in [-0.2, -0.15) is 10.2 Å². The Balaban J connectivity index is 2.26. The normalized spacial score (nSPS) is 24.4. The smallest absolute Gasteiger partial charge is 0.190 e. The summed E-state index contributed by atoms with van der Waals surface area (Å²) in [5, 5.41) is 27.5. The van der Waals surface area contributed by atoms with Crippen LogP contribution in [0.15, 0.2) is 24.5 Å². The Kier molecular flexibility index (Phi) is 1.34. The second kappa shape index (κ2) is 2.43. The van der Waals surface area contributed by atoms with E-state index in [1.807, 2.05) is 0 Å². The molecule has 72 valence electrons. The Labute approximate surface area is 79.0 Å². The van der Waals surface area contributed by atoms with Crippen LogP contribution in [0.4, 0.5) is 0 Å². The number of fused-ring (bicyclic) bond motifs is 2. The highest BCUT2D eigenvalue weighted by Crippen LogP contribution is 2.28. The van der Waals surface area contributed by atoms with Gasteiger partial charge in [0.2, 0.25) is 0 Å². The fraction of sp³-hybridized carbons (Fsp3) is 0.250. The number of hydrogen-bond donors (Lipinski definition) is 2. The van der Waals surface area contributed by atoms with Gasteiger partial charge in [-0.3, -0.25) is 0 Å². The van der Waals surface area contributed by atoms with Crippen LogP contribution in [0.25, 0.3) is 0 Å². The minimum atomic E-state index is -0.870. The largest absolute Gasteiger partial charge is 0.367 e. The molecule has 6 heteroatoms. The van der Waals surface area contributed by atoms with Gasteiger partial charge in [-0.25, -0.2) is 9.36 Å². The third-order valence-electron chi connectivity index (χ3n) is 2.39. The van der Waals surface area contributed by atoms with Crippen molar-refractivity contribution in [1.29, 1.82) is 0 Å². The van der Waals surface area contributed by atoms with E-state index in [4.69, 9.17) is 0 Å². The standard InChI is InChI=1S/C8H8N4O2/c13-7-5-1-3-9-11(5)8(14)6-2-4-10-12(6)7/h1-4,7-8,13-14H/t7-,8?/m1/s1. The quantitative estimate of drug-likeness (QED) is 0.588. The van der Waals surface area contributed by atoms with Gasteiger partial charge < -0.3 is 10.2 Å². The van der Waals surface area contributed by atoms with Crippen LogP contribution in [0.1, 0.15) is 23.8 Å². The van der Waals surface area contributed by atoms with Crippen LogP contribution >= 0.6 is 0 Å². The summed E-state index contributed by atoms with van der Waals surface area (Å²) in [6, 6.07) is 3.30. The van der Waals surface area contributed by atoms with Crippen molar-refractivity contribution in [2.24, 2.45) is 0 Å². The van der Waals surface area contributed by atoms with Gasteiger partial charge in [-0.05, 0) is 12.1 Å². The number of nitrogens with zero attached hydrogens (tertiary/aromatic N) is 4. The topological polar surface area (TPSA) is 76.1 Å². The van der Waals surface area contributed by atoms with E-state index >= 15 is 0 Å². The minimum absolute atomic E-state index is 0.536. The van der Waals surface area contributed by atoms with E-state index in [2.05, 4.69) is 10.2 Å². The van der Waals surface area contributed by atoms with Gasteiger partial charge in [0.15, 0.2) is 12.5 Å². The fourth-order valence-electron chi connectivity index (χ4n) is 1.72. The van der Waals surface area contributed by atoms with Crippen molar-refractivity contribution in [2.75, 3.05) is 0 Å². The lowest BCUT2D eigenvalue weighted by atomic mass is 10.2. The van der Waals surface area contributed by atoms with Crippen molar-refractivity contribution in [2.45, 2.75) is 12.5 Å². The molecule has 1 aliphatic heterocycles. The van der Waals surface area contributed by atoms with Crippen molar-refractivity contribution in [3.8, 4) is 0 Å². The van der Waals surface area contributed by atoms with Gasteiger partial charge >= 0.3 is 0 Å². The Bertz CT molecular complexity index is 394. The van der Waals surface area contributed by atoms with Gasteiger partial charge in [0, 0.05) is 12.4 Å². The summed E-state index contributed by atoms with van der Waals surface area (Å²) >= 11 is 0. The molecule has 0 saturated carbocycles. The third-order valence-corrected chi connectivity index (χ3v) is 2.39. The molecule has 3 heterocycles. The number of aromatic nitrogens is 4. The Morgan fingerprint density at radius 3 is 1.79 bits per heavy atom. The molecular formula is C8H8N4O2. The Hall–Kier alpha value is -1.66. The van der Waals surface area contributed by atoms with E-state index in [0.717, 1.165) is 0 Å². The molecule has 6 nitrogen and oxygen atoms in total. The third kappa shape index (κ3) is 0.765. The summed E-state index contributed by atoms with van der Waals surface area (Å²) in [6.45, 7) is 0. The van der Waals surface area contributed by atoms with Crippen molar-refractivity contribution >= 4 is 0 Å². The molecule has 0 spiro atoms. The zero-order valence-electron chi connectivity index (χ0n) is 7.15. The van der Waals surface area contributed by atoms with E-state index in [0.29, 0.717) is 11.4 Å². The molecule has 1 unspecified atom stereocenters. The summed E-state index contributed by atoms with van der Waals surface area (Å²) in [7, 11) is 0. The molecule has 0 amide bonds. The van der Waals surface area contributed by atoms with E-state index in [-0.39, 0.29) is 0 Å². The molecule has 0 saturated heterocycles. The summed E-state index contributed by atoms with van der Waals surface area (Å²) in [4.78, 5) is 0. The molecular weight excluding hydrogens is 184 g/mol. The summed E-state index contributed by atoms with van der Waals surface area (Å²) < 4.78 is 2.75. The molecule has 14 heavy (non-hydrogen) atoms. The van der Waals surface area contributed by atoms with E-state index < -0.39 is 12.5 Å². The molecule has 0 bridgehead atoms. The van der Waals surface area contributed by atoms with Crippen molar-refractivity contribution in [1.82, 2.24) is 19.6 Å². The predicted molar refractivity (Wildman–Crippen MR) is 45.2 cm³/mol. The maximum absolute atomic E-state index is 9.84. The zero-order chi connectivity index (χ0) is 9.71. The molecule has 2 N–H and O–H groups in total. The fourth-order valence-corrected chi connectivity index (χ4v) is 1.72. The van der Waals surface area contributed by atoms with Gasteiger partial charge in [0.25, 0.3) is 0 Å². The first-order valence-corrected chi connectivity index (χ1v) is 4.22. The number of rotatable bonds is 0. The SMILES string of the molecule is OC1c2ccnn2[C@H](O)c2ccnn21. The van der Waals surface area contributed by atoms with Crippen LogP contribution in [-0.4, -0.2) is 29.8 Å². The Morgan fingerprint density at radius 2 is 1.36 bits per heavy atom. The lowest BCUT2D eigenvalue weighted by Gasteiger charge is -2.25. The lowest BCUT2D eigenvalue weighted by Crippen LogP contribution is -2.29. The van der Waals surface area contributed by atoms with Crippen LogP contribution in [0.5, 0.6) is 0 Å². The maximum atomic E-state index is 9.84. The highest BCUT2D eigenvalue weighted by atomic mass is 16.3. The van der Waals surface area contributed by atoms with Gasteiger partial charge in [0.1, 0.15) is 0 Å². The molecule has 0 fully saturated rings. The average Bonchev–Trinajstić information content (AvgIpc) is 2.82. The maximum Gasteiger partial charge on any atom is 0.190 e. The van der Waals surface area contributed by atoms with Crippen molar-refractivity contribution in [3.05, 3.63) is 35.9 Å². The molecule has 0 aliphatic carbocycles. The summed E-state index contributed by atoms with van der Waals surface area (Å²) in [5.41, 5.74) is 1.07. The predicted octanol–water partition coefficient (Wildman–Crippen LogP) is -0.529. The summed E-state index contributed by atoms with van der Waals surface area (Å²) in [6.07, 6.45) is 1.33. The lowest BCUT2D eigenvalue weighted by molar-refractivity contribution is 0.0426. The van der Waals surface area contributed by atoms with Gasteiger partial charge in [0.05, 0.1) is 11.4 Å². The first kappa shape index (κ1) is 7.72. The van der Waals surface area contributed by atoms with Crippen LogP contribution in [0, 0.1) is 0 Å². The molecule has 3 rings (SSSR count). The average molecular weight is 192 g/mol. The van der Waals surface area contributed by atoms with Crippen LogP contribution < -0.4 is 0 Å². The molecule has 2 atom stereocenters. The Morgan fingerprint density at radius 1 is 0.929 bits per heavy atom. The minimum Gasteiger partial charge on any atom is -0.367 e. The molecule has 0 aromatic carbocycles. The van der Waals surface area contributed by atoms with Gasteiger partial charge in [-0.15, -0.1) is 0 Å². The zero-order valence-corrected chi connectivity index (χ0v) is 7.15. The van der Waals surface area contributed by atoms with Crippen LogP contribution in [-0.2, 0) is 0 Å². The number of aliphatic hydroxyl groups excluding tert-OH is 2. The van der Waals surface area contributed by atoms with Crippen LogP contribution in [0.2, 0.25) is 0 Å². The number of aliphatic hydroxyl groups is 2. The first-order valence-electron chi connectivity index (χ1n) is 4.22. The summed E-state index contributed by atoms with van der Waals surface area (Å²) in [5.74, 6) is 0. The highest BCUT2D eigenvalue weighted by Gasteiger charge is 2.30. The van der Waals surface area contributed by atoms with E-state index in [9.17, 15) is 10.2 Å². The second-order valence-corrected chi connectivity index (χ2v) is 3.15. The highest BCUT2D eigenvalue weighted by molar-refractivity contribution is 5.17. The first-order chi connectivity index (χ1) is 6.79. The number of hydrogen-bond acceptors (Lipinski definition) is 4. The van der Waals surface area contributed by atoms with Gasteiger partial charge in [-0.1, -0.05) is 0 Å². The molecule has 1 aliphatic rings. The van der Waals surface area contributed by atoms with E-state index in [1.165, 1.54) is 21.8 Å². The van der Waals surface area contributed by atoms with E-state index in [1.54, 1.807) is 12.1 Å². The van der Waals surface area contributed by atoms with Crippen molar-refractivity contribution in [3.63, 3.8) is 0 Å². The second-order valence-electron chi connectivity index (χ2n) is 3.15. The molecule has 0 radical (unpaired) electrons. The monoisotopic (exact) mass is 192 g/mol. The molecule has 2 aromatic rings. The van der Waals surface area contributed by atoms with Crippen LogP contribution in [0.3, 0.4) is 0 Å².